The molecule has 0 spiro atoms. The van der Waals surface area contributed by atoms with Crippen molar-refractivity contribution < 1.29 is 22.0 Å². The molecule has 0 saturated carbocycles. The van der Waals surface area contributed by atoms with Crippen LogP contribution in [0.15, 0.2) is 0 Å². The third-order valence-electron chi connectivity index (χ3n) is 3.08. The van der Waals surface area contributed by atoms with Gasteiger partial charge in [-0.05, 0) is 13.8 Å². The average molecular weight is 322 g/mol. The lowest BCUT2D eigenvalue weighted by Crippen LogP contribution is -2.20. The molecule has 0 fully saturated rings. The molecule has 1 atom stereocenters. The van der Waals surface area contributed by atoms with Crippen molar-refractivity contribution in [2.24, 2.45) is 5.73 Å². The highest BCUT2D eigenvalue weighted by Gasteiger charge is 2.29. The van der Waals surface area contributed by atoms with E-state index >= 15 is 0 Å². The molecule has 2 rings (SSSR count). The Bertz CT molecular complexity index is 650. The van der Waals surface area contributed by atoms with Crippen LogP contribution in [0.25, 0.3) is 0 Å². The maximum absolute atomic E-state index is 13.6. The molecule has 21 heavy (non-hydrogen) atoms. The van der Waals surface area contributed by atoms with Crippen molar-refractivity contribution >= 4 is 11.3 Å². The van der Waals surface area contributed by atoms with E-state index in [0.717, 1.165) is 10.6 Å². The minimum atomic E-state index is -2.19. The summed E-state index contributed by atoms with van der Waals surface area (Å²) in [5.41, 5.74) is 5.33. The van der Waals surface area contributed by atoms with Crippen molar-refractivity contribution in [1.82, 2.24) is 4.98 Å². The molecule has 2 aromatic rings. The zero-order valence-electron chi connectivity index (χ0n) is 11.1. The molecule has 1 unspecified atom stereocenters. The van der Waals surface area contributed by atoms with Gasteiger partial charge in [-0.3, -0.25) is 0 Å². The highest BCUT2D eigenvalue weighted by molar-refractivity contribution is 7.11. The Hall–Kier alpha value is -1.54. The zero-order valence-corrected chi connectivity index (χ0v) is 11.9. The van der Waals surface area contributed by atoms with Gasteiger partial charge in [-0.2, -0.15) is 0 Å². The smallest absolute Gasteiger partial charge is 0.200 e. The van der Waals surface area contributed by atoms with Gasteiger partial charge in [0.15, 0.2) is 23.3 Å². The van der Waals surface area contributed by atoms with E-state index in [1.807, 2.05) is 0 Å². The first-order chi connectivity index (χ1) is 9.73. The summed E-state index contributed by atoms with van der Waals surface area (Å²) in [6.45, 7) is 3.56. The third-order valence-corrected chi connectivity index (χ3v) is 4.18. The predicted octanol–water partition coefficient (Wildman–Crippen LogP) is 3.70. The summed E-state index contributed by atoms with van der Waals surface area (Å²) in [7, 11) is 0. The molecule has 0 aliphatic rings. The van der Waals surface area contributed by atoms with E-state index < -0.39 is 40.7 Å². The minimum absolute atomic E-state index is 0.113. The molecular formula is C13H11F5N2S. The zero-order chi connectivity index (χ0) is 15.9. The first-order valence-electron chi connectivity index (χ1n) is 5.93. The molecule has 2 N–H and O–H groups in total. The van der Waals surface area contributed by atoms with Gasteiger partial charge in [-0.15, -0.1) is 11.3 Å². The fraction of sp³-hybridized carbons (Fsp3) is 0.308. The van der Waals surface area contributed by atoms with Crippen molar-refractivity contribution in [1.29, 1.82) is 0 Å². The number of aromatic nitrogens is 1. The number of nitrogens with two attached hydrogens (primary N) is 1. The Morgan fingerprint density at radius 3 is 1.86 bits per heavy atom. The summed E-state index contributed by atoms with van der Waals surface area (Å²) in [6.07, 6.45) is -0.113. The van der Waals surface area contributed by atoms with Gasteiger partial charge in [-0.25, -0.2) is 26.9 Å². The summed E-state index contributed by atoms with van der Waals surface area (Å²) in [6, 6.07) is -1.38. The van der Waals surface area contributed by atoms with Gasteiger partial charge < -0.3 is 5.73 Å². The van der Waals surface area contributed by atoms with Crippen LogP contribution in [-0.4, -0.2) is 4.98 Å². The number of benzene rings is 1. The molecule has 0 radical (unpaired) electrons. The van der Waals surface area contributed by atoms with Gasteiger partial charge >= 0.3 is 0 Å². The van der Waals surface area contributed by atoms with Crippen LogP contribution < -0.4 is 5.73 Å². The second-order valence-corrected chi connectivity index (χ2v) is 5.83. The summed E-state index contributed by atoms with van der Waals surface area (Å²) in [4.78, 5) is 5.03. The van der Waals surface area contributed by atoms with Crippen molar-refractivity contribution in [3.05, 3.63) is 50.2 Å². The molecule has 1 aromatic carbocycles. The standard InChI is InChI=1S/C13H11F5N2S/c1-4-5(2)21-7(20-4)3-6(19)8-9(14)11(16)13(18)12(17)10(8)15/h6H,3,19H2,1-2H3. The normalized spacial score (nSPS) is 12.8. The lowest BCUT2D eigenvalue weighted by Gasteiger charge is -2.14. The number of thiazole rings is 1. The summed E-state index contributed by atoms with van der Waals surface area (Å²) >= 11 is 1.26. The molecular weight excluding hydrogens is 311 g/mol. The van der Waals surface area contributed by atoms with E-state index in [4.69, 9.17) is 5.73 Å². The fourth-order valence-corrected chi connectivity index (χ4v) is 2.86. The monoisotopic (exact) mass is 322 g/mol. The average Bonchev–Trinajstić information content (AvgIpc) is 2.73. The maximum Gasteiger partial charge on any atom is 0.200 e. The second-order valence-electron chi connectivity index (χ2n) is 4.54. The quantitative estimate of drug-likeness (QED) is 0.532. The highest BCUT2D eigenvalue weighted by atomic mass is 32.1. The van der Waals surface area contributed by atoms with Crippen LogP contribution in [0, 0.1) is 42.9 Å². The van der Waals surface area contributed by atoms with Crippen LogP contribution in [0.4, 0.5) is 22.0 Å². The molecule has 2 nitrogen and oxygen atoms in total. The summed E-state index contributed by atoms with van der Waals surface area (Å²) in [5, 5.41) is 0.474. The largest absolute Gasteiger partial charge is 0.323 e. The van der Waals surface area contributed by atoms with E-state index in [0.29, 0.717) is 5.01 Å². The van der Waals surface area contributed by atoms with Crippen molar-refractivity contribution in [3.63, 3.8) is 0 Å². The number of hydrogen-bond acceptors (Lipinski definition) is 3. The van der Waals surface area contributed by atoms with E-state index in [1.165, 1.54) is 11.3 Å². The van der Waals surface area contributed by atoms with Crippen LogP contribution in [0.2, 0.25) is 0 Å². The highest BCUT2D eigenvalue weighted by Crippen LogP contribution is 2.29. The predicted molar refractivity (Wildman–Crippen MR) is 68.5 cm³/mol. The Labute approximate surface area is 121 Å². The van der Waals surface area contributed by atoms with Gasteiger partial charge in [0, 0.05) is 22.9 Å². The maximum atomic E-state index is 13.6. The van der Waals surface area contributed by atoms with Gasteiger partial charge in [0.25, 0.3) is 0 Å². The molecule has 0 bridgehead atoms. The van der Waals surface area contributed by atoms with Gasteiger partial charge in [0.1, 0.15) is 0 Å². The van der Waals surface area contributed by atoms with Gasteiger partial charge in [0.05, 0.1) is 10.7 Å². The fourth-order valence-electron chi connectivity index (χ4n) is 1.86. The lowest BCUT2D eigenvalue weighted by atomic mass is 10.0. The van der Waals surface area contributed by atoms with E-state index in [9.17, 15) is 22.0 Å². The molecule has 8 heteroatoms. The number of aryl methyl sites for hydroxylation is 2. The first-order valence-corrected chi connectivity index (χ1v) is 6.75. The topological polar surface area (TPSA) is 38.9 Å². The van der Waals surface area contributed by atoms with Crippen LogP contribution in [0.1, 0.15) is 27.2 Å². The van der Waals surface area contributed by atoms with Crippen LogP contribution in [-0.2, 0) is 6.42 Å². The van der Waals surface area contributed by atoms with Crippen LogP contribution in [0.5, 0.6) is 0 Å². The second kappa shape index (κ2) is 5.69. The van der Waals surface area contributed by atoms with Crippen molar-refractivity contribution in [3.8, 4) is 0 Å². The van der Waals surface area contributed by atoms with Crippen molar-refractivity contribution in [2.45, 2.75) is 26.3 Å². The van der Waals surface area contributed by atoms with Crippen LogP contribution >= 0.6 is 11.3 Å². The molecule has 0 aliphatic heterocycles. The summed E-state index contributed by atoms with van der Waals surface area (Å²) in [5.74, 6) is -9.98. The molecule has 114 valence electrons. The van der Waals surface area contributed by atoms with E-state index in [2.05, 4.69) is 4.98 Å². The first kappa shape index (κ1) is 15.8. The van der Waals surface area contributed by atoms with Crippen LogP contribution in [0.3, 0.4) is 0 Å². The minimum Gasteiger partial charge on any atom is -0.323 e. The number of rotatable bonds is 3. The van der Waals surface area contributed by atoms with E-state index in [-0.39, 0.29) is 6.42 Å². The lowest BCUT2D eigenvalue weighted by molar-refractivity contribution is 0.363. The molecule has 0 saturated heterocycles. The van der Waals surface area contributed by atoms with E-state index in [1.54, 1.807) is 13.8 Å². The Morgan fingerprint density at radius 2 is 1.43 bits per heavy atom. The molecule has 0 amide bonds. The molecule has 1 aromatic heterocycles. The third kappa shape index (κ3) is 2.77. The number of halogens is 5. The Morgan fingerprint density at radius 1 is 0.952 bits per heavy atom. The number of hydrogen-bond donors (Lipinski definition) is 1. The SMILES string of the molecule is Cc1nc(CC(N)c2c(F)c(F)c(F)c(F)c2F)sc1C. The van der Waals surface area contributed by atoms with Crippen molar-refractivity contribution in [2.75, 3.05) is 0 Å². The van der Waals surface area contributed by atoms with Gasteiger partial charge in [-0.1, -0.05) is 0 Å². The molecule has 1 heterocycles. The molecule has 0 aliphatic carbocycles. The Balaban J connectivity index is 2.42. The Kier molecular flexibility index (Phi) is 4.29. The number of nitrogens with zero attached hydrogens (tertiary/aromatic N) is 1. The van der Waals surface area contributed by atoms with Gasteiger partial charge in [0.2, 0.25) is 5.82 Å². The summed E-state index contributed by atoms with van der Waals surface area (Å²) < 4.78 is 66.5.